The van der Waals surface area contributed by atoms with Crippen LogP contribution in [0.15, 0.2) is 64.1 Å². The number of aliphatic imine (C=N–C) groups is 1. The van der Waals surface area contributed by atoms with Gasteiger partial charge in [0.2, 0.25) is 11.7 Å². The molecule has 6 nitrogen and oxygen atoms in total. The van der Waals surface area contributed by atoms with Crippen LogP contribution < -0.4 is 4.90 Å². The second-order valence-corrected chi connectivity index (χ2v) is 8.52. The maximum absolute atomic E-state index is 12.4. The topological polar surface area (TPSA) is 76.0 Å². The summed E-state index contributed by atoms with van der Waals surface area (Å²) in [4.78, 5) is 42.7. The number of unbranched alkanes of at least 4 members (excludes halogenated alkanes) is 1. The molecule has 1 atom stereocenters. The molecule has 1 amide bonds. The van der Waals surface area contributed by atoms with E-state index in [0.717, 1.165) is 10.0 Å². The minimum absolute atomic E-state index is 0.0389. The van der Waals surface area contributed by atoms with Crippen molar-refractivity contribution in [1.82, 2.24) is 0 Å². The van der Waals surface area contributed by atoms with Crippen LogP contribution in [0.1, 0.15) is 38.7 Å². The number of carbonyl (C=O) groups is 3. The van der Waals surface area contributed by atoms with Crippen molar-refractivity contribution in [2.75, 3.05) is 18.1 Å². The first kappa shape index (κ1) is 22.9. The Balaban J connectivity index is 1.67. The lowest BCUT2D eigenvalue weighted by Gasteiger charge is -2.24. The van der Waals surface area contributed by atoms with Gasteiger partial charge in [0, 0.05) is 29.2 Å². The molecule has 0 radical (unpaired) electrons. The maximum Gasteiger partial charge on any atom is 0.294 e. The minimum Gasteiger partial charge on any atom is -0.474 e. The zero-order valence-electron chi connectivity index (χ0n) is 17.6. The highest BCUT2D eigenvalue weighted by molar-refractivity contribution is 9.10. The minimum atomic E-state index is -0.905. The van der Waals surface area contributed by atoms with E-state index in [1.807, 2.05) is 42.5 Å². The fraction of sp³-hybridized carbons (Fsp3) is 0.333. The van der Waals surface area contributed by atoms with Gasteiger partial charge in [0.15, 0.2) is 11.3 Å². The Kier molecular flexibility index (Phi) is 7.38. The lowest BCUT2D eigenvalue weighted by molar-refractivity contribution is -0.135. The second kappa shape index (κ2) is 10.0. The highest BCUT2D eigenvalue weighted by Crippen LogP contribution is 2.29. The molecule has 1 unspecified atom stereocenters. The lowest BCUT2D eigenvalue weighted by atomic mass is 9.90. The van der Waals surface area contributed by atoms with Crippen LogP contribution in [0.3, 0.4) is 0 Å². The number of anilines is 1. The van der Waals surface area contributed by atoms with Gasteiger partial charge in [0.25, 0.3) is 5.91 Å². The number of hydrogen-bond donors (Lipinski definition) is 0. The van der Waals surface area contributed by atoms with Crippen LogP contribution in [-0.2, 0) is 19.1 Å². The van der Waals surface area contributed by atoms with Crippen molar-refractivity contribution in [3.63, 3.8) is 0 Å². The third-order valence-electron chi connectivity index (χ3n) is 5.35. The third kappa shape index (κ3) is 5.47. The maximum atomic E-state index is 12.4. The van der Waals surface area contributed by atoms with E-state index in [9.17, 15) is 14.4 Å². The molecular formula is C24H25BrN2O4. The van der Waals surface area contributed by atoms with Crippen LogP contribution in [0.2, 0.25) is 0 Å². The number of halogens is 1. The molecule has 1 aliphatic heterocycles. The standard InChI is InChI=1S/C24H25BrN2O4/c1-17(28)23(30)27(21-12-10-20(25)11-13-21)15-7-6-14-24(18(2)29)16-31-22(26-24)19-8-4-3-5-9-19/h3-5,8-13H,6-7,14-16H2,1-2H3. The van der Waals surface area contributed by atoms with Crippen molar-refractivity contribution in [2.45, 2.75) is 38.6 Å². The van der Waals surface area contributed by atoms with Crippen LogP contribution in [0.25, 0.3) is 0 Å². The predicted octanol–water partition coefficient (Wildman–Crippen LogP) is 4.35. The van der Waals surface area contributed by atoms with Crippen LogP contribution in [-0.4, -0.2) is 42.1 Å². The van der Waals surface area contributed by atoms with Crippen LogP contribution >= 0.6 is 15.9 Å². The Morgan fingerprint density at radius 2 is 1.71 bits per heavy atom. The number of rotatable bonds is 9. The van der Waals surface area contributed by atoms with E-state index in [-0.39, 0.29) is 12.4 Å². The molecule has 162 valence electrons. The zero-order chi connectivity index (χ0) is 22.4. The molecule has 0 bridgehead atoms. The highest BCUT2D eigenvalue weighted by atomic mass is 79.9. The summed E-state index contributed by atoms with van der Waals surface area (Å²) in [7, 11) is 0. The van der Waals surface area contributed by atoms with E-state index in [0.29, 0.717) is 37.4 Å². The van der Waals surface area contributed by atoms with Crippen molar-refractivity contribution in [2.24, 2.45) is 4.99 Å². The highest BCUT2D eigenvalue weighted by Gasteiger charge is 2.41. The third-order valence-corrected chi connectivity index (χ3v) is 5.87. The molecule has 1 aliphatic rings. The zero-order valence-corrected chi connectivity index (χ0v) is 19.2. The molecule has 0 saturated heterocycles. The fourth-order valence-corrected chi connectivity index (χ4v) is 3.77. The largest absolute Gasteiger partial charge is 0.474 e. The number of Topliss-reactive ketones (excluding diaryl/α,β-unsaturated/α-hetero) is 2. The molecular weight excluding hydrogens is 460 g/mol. The normalized spacial score (nSPS) is 17.6. The summed E-state index contributed by atoms with van der Waals surface area (Å²) in [6, 6.07) is 16.8. The summed E-state index contributed by atoms with van der Waals surface area (Å²) in [5.41, 5.74) is 0.607. The smallest absolute Gasteiger partial charge is 0.294 e. The number of amides is 1. The molecule has 0 saturated carbocycles. The van der Waals surface area contributed by atoms with Gasteiger partial charge in [0.1, 0.15) is 6.61 Å². The van der Waals surface area contributed by atoms with Gasteiger partial charge >= 0.3 is 0 Å². The fourth-order valence-electron chi connectivity index (χ4n) is 3.51. The number of ether oxygens (including phenoxy) is 1. The number of ketones is 2. The van der Waals surface area contributed by atoms with Crippen LogP contribution in [0, 0.1) is 0 Å². The van der Waals surface area contributed by atoms with E-state index in [4.69, 9.17) is 4.74 Å². The molecule has 1 heterocycles. The first-order chi connectivity index (χ1) is 14.8. The first-order valence-corrected chi connectivity index (χ1v) is 11.0. The molecule has 0 N–H and O–H groups in total. The summed E-state index contributed by atoms with van der Waals surface area (Å²) in [5.74, 6) is -0.608. The molecule has 0 aromatic heterocycles. The first-order valence-electron chi connectivity index (χ1n) is 10.2. The van der Waals surface area contributed by atoms with Gasteiger partial charge in [-0.15, -0.1) is 0 Å². The van der Waals surface area contributed by atoms with Gasteiger partial charge in [0.05, 0.1) is 0 Å². The van der Waals surface area contributed by atoms with Gasteiger partial charge < -0.3 is 9.64 Å². The average Bonchev–Trinajstić information content (AvgIpc) is 3.21. The lowest BCUT2D eigenvalue weighted by Crippen LogP contribution is -2.38. The Bertz CT molecular complexity index is 988. The van der Waals surface area contributed by atoms with Crippen molar-refractivity contribution < 1.29 is 19.1 Å². The number of benzene rings is 2. The van der Waals surface area contributed by atoms with Crippen molar-refractivity contribution in [1.29, 1.82) is 0 Å². The molecule has 0 fully saturated rings. The molecule has 0 aliphatic carbocycles. The molecule has 2 aromatic carbocycles. The van der Waals surface area contributed by atoms with Crippen molar-refractivity contribution in [3.8, 4) is 0 Å². The quantitative estimate of drug-likeness (QED) is 0.391. The van der Waals surface area contributed by atoms with E-state index in [1.54, 1.807) is 12.1 Å². The van der Waals surface area contributed by atoms with E-state index >= 15 is 0 Å². The molecule has 3 rings (SSSR count). The van der Waals surface area contributed by atoms with Gasteiger partial charge in [-0.1, -0.05) is 34.1 Å². The molecule has 31 heavy (non-hydrogen) atoms. The van der Waals surface area contributed by atoms with Crippen LogP contribution in [0.5, 0.6) is 0 Å². The Morgan fingerprint density at radius 1 is 1.03 bits per heavy atom. The van der Waals surface area contributed by atoms with E-state index in [2.05, 4.69) is 20.9 Å². The Labute approximate surface area is 190 Å². The second-order valence-electron chi connectivity index (χ2n) is 7.61. The Morgan fingerprint density at radius 3 is 2.32 bits per heavy atom. The average molecular weight is 485 g/mol. The van der Waals surface area contributed by atoms with Gasteiger partial charge in [-0.2, -0.15) is 0 Å². The molecule has 2 aromatic rings. The summed E-state index contributed by atoms with van der Waals surface area (Å²) in [6.07, 6.45) is 1.80. The van der Waals surface area contributed by atoms with Gasteiger partial charge in [-0.25, -0.2) is 4.99 Å². The molecule has 7 heteroatoms. The Hall–Kier alpha value is -2.80. The monoisotopic (exact) mass is 484 g/mol. The summed E-state index contributed by atoms with van der Waals surface area (Å²) in [6.45, 7) is 3.41. The van der Waals surface area contributed by atoms with E-state index in [1.165, 1.54) is 18.7 Å². The number of nitrogens with zero attached hydrogens (tertiary/aromatic N) is 2. The van der Waals surface area contributed by atoms with Gasteiger partial charge in [-0.3, -0.25) is 14.4 Å². The number of hydrogen-bond acceptors (Lipinski definition) is 5. The summed E-state index contributed by atoms with van der Waals surface area (Å²) < 4.78 is 6.65. The molecule has 0 spiro atoms. The SMILES string of the molecule is CC(=O)C(=O)N(CCCCC1(C(C)=O)COC(c2ccccc2)=N1)c1ccc(Br)cc1. The van der Waals surface area contributed by atoms with Gasteiger partial charge in [-0.05, 0) is 62.6 Å². The van der Waals surface area contributed by atoms with E-state index < -0.39 is 17.2 Å². The predicted molar refractivity (Wildman–Crippen MR) is 123 cm³/mol. The van der Waals surface area contributed by atoms with Crippen molar-refractivity contribution >= 4 is 45.0 Å². The van der Waals surface area contributed by atoms with Crippen LogP contribution in [0.4, 0.5) is 5.69 Å². The number of carbonyl (C=O) groups excluding carboxylic acids is 3. The summed E-state index contributed by atoms with van der Waals surface area (Å²) >= 11 is 3.38. The van der Waals surface area contributed by atoms with Crippen molar-refractivity contribution in [3.05, 3.63) is 64.6 Å². The summed E-state index contributed by atoms with van der Waals surface area (Å²) in [5, 5.41) is 0.